The molecule has 6 aromatic rings. The van der Waals surface area contributed by atoms with Gasteiger partial charge in [0.15, 0.2) is 0 Å². The molecule has 0 aliphatic heterocycles. The molecule has 0 heterocycles. The fourth-order valence-electron chi connectivity index (χ4n) is 3.84. The fraction of sp³-hybridized carbons (Fsp3) is 0. The van der Waals surface area contributed by atoms with Crippen LogP contribution in [0.15, 0.2) is 121 Å². The van der Waals surface area contributed by atoms with E-state index in [0.717, 1.165) is 0 Å². The van der Waals surface area contributed by atoms with Gasteiger partial charge in [-0.05, 0) is 55.2 Å². The third-order valence-corrected chi connectivity index (χ3v) is 5.27. The van der Waals surface area contributed by atoms with Crippen LogP contribution in [0, 0.1) is 0 Å². The number of hydrogen-bond donors (Lipinski definition) is 4. The SMILES string of the molecule is N.N.N.N.c1ccc2c(c1)ccc1ccccc12.c1ccc2cc3ccccc3cc2c1. The van der Waals surface area contributed by atoms with Crippen LogP contribution in [-0.4, -0.2) is 0 Å². The van der Waals surface area contributed by atoms with Gasteiger partial charge in [0.05, 0.1) is 0 Å². The van der Waals surface area contributed by atoms with E-state index in [0.29, 0.717) is 0 Å². The molecule has 4 nitrogen and oxygen atoms in total. The summed E-state index contributed by atoms with van der Waals surface area (Å²) in [6.07, 6.45) is 0. The summed E-state index contributed by atoms with van der Waals surface area (Å²) in [5.74, 6) is 0. The van der Waals surface area contributed by atoms with Crippen LogP contribution < -0.4 is 24.6 Å². The Morgan fingerprint density at radius 3 is 0.812 bits per heavy atom. The maximum absolute atomic E-state index is 2.24. The van der Waals surface area contributed by atoms with Crippen LogP contribution in [0.3, 0.4) is 0 Å². The molecule has 0 amide bonds. The van der Waals surface area contributed by atoms with Crippen molar-refractivity contribution in [2.75, 3.05) is 0 Å². The van der Waals surface area contributed by atoms with E-state index in [-0.39, 0.29) is 24.6 Å². The zero-order valence-electron chi connectivity index (χ0n) is 18.4. The van der Waals surface area contributed by atoms with Crippen LogP contribution in [0.25, 0.3) is 43.1 Å². The second kappa shape index (κ2) is 11.6. The second-order valence-corrected chi connectivity index (χ2v) is 7.05. The maximum atomic E-state index is 2.24. The summed E-state index contributed by atoms with van der Waals surface area (Å²) in [7, 11) is 0. The van der Waals surface area contributed by atoms with Crippen molar-refractivity contribution in [1.82, 2.24) is 24.6 Å². The molecule has 32 heavy (non-hydrogen) atoms. The first kappa shape index (κ1) is 26.2. The molecule has 0 unspecified atom stereocenters. The van der Waals surface area contributed by atoms with Crippen LogP contribution in [0.5, 0.6) is 0 Å². The van der Waals surface area contributed by atoms with Gasteiger partial charge < -0.3 is 24.6 Å². The molecule has 6 aromatic carbocycles. The van der Waals surface area contributed by atoms with E-state index < -0.39 is 0 Å². The largest absolute Gasteiger partial charge is 0.344 e. The van der Waals surface area contributed by atoms with Crippen molar-refractivity contribution in [2.24, 2.45) is 0 Å². The summed E-state index contributed by atoms with van der Waals surface area (Å²) in [5, 5.41) is 10.5. The highest BCUT2D eigenvalue weighted by molar-refractivity contribution is 6.07. The minimum atomic E-state index is 0. The molecule has 164 valence electrons. The van der Waals surface area contributed by atoms with Gasteiger partial charge in [-0.1, -0.05) is 109 Å². The number of rotatable bonds is 0. The van der Waals surface area contributed by atoms with Crippen molar-refractivity contribution in [3.05, 3.63) is 121 Å². The Morgan fingerprint density at radius 2 is 0.500 bits per heavy atom. The van der Waals surface area contributed by atoms with E-state index in [1.807, 2.05) is 0 Å². The fourth-order valence-corrected chi connectivity index (χ4v) is 3.84. The molecule has 0 fully saturated rings. The molecule has 0 aromatic heterocycles. The minimum Gasteiger partial charge on any atom is -0.344 e. The van der Waals surface area contributed by atoms with E-state index in [9.17, 15) is 0 Å². The van der Waals surface area contributed by atoms with Crippen molar-refractivity contribution >= 4 is 43.1 Å². The second-order valence-electron chi connectivity index (χ2n) is 7.05. The number of benzene rings is 6. The molecular formula is C28H32N4. The summed E-state index contributed by atoms with van der Waals surface area (Å²) >= 11 is 0. The van der Waals surface area contributed by atoms with Gasteiger partial charge in [-0.3, -0.25) is 0 Å². The van der Waals surface area contributed by atoms with E-state index in [1.165, 1.54) is 43.1 Å². The van der Waals surface area contributed by atoms with Gasteiger partial charge in [0, 0.05) is 0 Å². The standard InChI is InChI=1S/2C14H10.4H3N/c1-3-7-13-11(5-1)9-10-12-6-2-4-8-14(12)13;1-2-6-12-10-14-8-4-3-7-13(14)9-11(12)5-1;;;;/h2*1-10H;4*1H3. The summed E-state index contributed by atoms with van der Waals surface area (Å²) in [6, 6.07) is 42.8. The van der Waals surface area contributed by atoms with Crippen LogP contribution >= 0.6 is 0 Å². The highest BCUT2D eigenvalue weighted by atomic mass is 14.0. The van der Waals surface area contributed by atoms with E-state index >= 15 is 0 Å². The molecule has 0 saturated carbocycles. The van der Waals surface area contributed by atoms with Crippen molar-refractivity contribution in [3.8, 4) is 0 Å². The Bertz CT molecular complexity index is 1250. The lowest BCUT2D eigenvalue weighted by atomic mass is 10.0. The maximum Gasteiger partial charge on any atom is -0.0105 e. The first-order chi connectivity index (χ1) is 13.9. The first-order valence-corrected chi connectivity index (χ1v) is 9.62. The zero-order chi connectivity index (χ0) is 18.8. The van der Waals surface area contributed by atoms with Gasteiger partial charge in [0.1, 0.15) is 0 Å². The van der Waals surface area contributed by atoms with Crippen molar-refractivity contribution in [2.45, 2.75) is 0 Å². The van der Waals surface area contributed by atoms with Crippen LogP contribution in [0.2, 0.25) is 0 Å². The predicted molar refractivity (Wildman–Crippen MR) is 143 cm³/mol. The molecule has 0 atom stereocenters. The van der Waals surface area contributed by atoms with Crippen molar-refractivity contribution in [3.63, 3.8) is 0 Å². The van der Waals surface area contributed by atoms with Crippen molar-refractivity contribution in [1.29, 1.82) is 0 Å². The summed E-state index contributed by atoms with van der Waals surface area (Å²) in [5.41, 5.74) is 0. The van der Waals surface area contributed by atoms with Crippen LogP contribution in [-0.2, 0) is 0 Å². The average Bonchev–Trinajstić information content (AvgIpc) is 2.78. The number of fused-ring (bicyclic) bond motifs is 5. The minimum absolute atomic E-state index is 0. The Balaban J connectivity index is 0.000000284. The van der Waals surface area contributed by atoms with Crippen LogP contribution in [0.1, 0.15) is 0 Å². The van der Waals surface area contributed by atoms with Crippen LogP contribution in [0.4, 0.5) is 0 Å². The topological polar surface area (TPSA) is 140 Å². The molecule has 0 spiro atoms. The lowest BCUT2D eigenvalue weighted by Crippen LogP contribution is -1.75. The van der Waals surface area contributed by atoms with Gasteiger partial charge in [-0.25, -0.2) is 0 Å². The highest BCUT2D eigenvalue weighted by Crippen LogP contribution is 2.24. The van der Waals surface area contributed by atoms with Gasteiger partial charge in [-0.15, -0.1) is 0 Å². The monoisotopic (exact) mass is 424 g/mol. The van der Waals surface area contributed by atoms with E-state index in [1.54, 1.807) is 0 Å². The van der Waals surface area contributed by atoms with E-state index in [2.05, 4.69) is 121 Å². The molecule has 0 aliphatic rings. The van der Waals surface area contributed by atoms with Crippen molar-refractivity contribution < 1.29 is 0 Å². The van der Waals surface area contributed by atoms with E-state index in [4.69, 9.17) is 0 Å². The molecule has 6 rings (SSSR count). The third kappa shape index (κ3) is 5.09. The highest BCUT2D eigenvalue weighted by Gasteiger charge is 1.97. The zero-order valence-corrected chi connectivity index (χ0v) is 18.4. The molecule has 4 heteroatoms. The number of hydrogen-bond acceptors (Lipinski definition) is 4. The summed E-state index contributed by atoms with van der Waals surface area (Å²) in [6.45, 7) is 0. The third-order valence-electron chi connectivity index (χ3n) is 5.27. The van der Waals surface area contributed by atoms with Gasteiger partial charge in [-0.2, -0.15) is 0 Å². The average molecular weight is 425 g/mol. The smallest absolute Gasteiger partial charge is 0.0105 e. The predicted octanol–water partition coefficient (Wildman–Crippen LogP) is 8.63. The molecule has 12 N–H and O–H groups in total. The lowest BCUT2D eigenvalue weighted by Gasteiger charge is -2.02. The lowest BCUT2D eigenvalue weighted by molar-refractivity contribution is 1.76. The molecule has 0 radical (unpaired) electrons. The Labute approximate surface area is 189 Å². The summed E-state index contributed by atoms with van der Waals surface area (Å²) < 4.78 is 0. The quantitative estimate of drug-likeness (QED) is 0.143. The molecule has 0 bridgehead atoms. The molecule has 0 aliphatic carbocycles. The normalized spacial score (nSPS) is 9.50. The van der Waals surface area contributed by atoms with Gasteiger partial charge in [0.25, 0.3) is 0 Å². The molecular weight excluding hydrogens is 392 g/mol. The molecule has 0 saturated heterocycles. The Morgan fingerprint density at radius 1 is 0.250 bits per heavy atom. The van der Waals surface area contributed by atoms with Gasteiger partial charge >= 0.3 is 0 Å². The first-order valence-electron chi connectivity index (χ1n) is 9.62. The Kier molecular flexibility index (Phi) is 9.47. The van der Waals surface area contributed by atoms with Gasteiger partial charge in [0.2, 0.25) is 0 Å². The summed E-state index contributed by atoms with van der Waals surface area (Å²) in [4.78, 5) is 0. The Hall–Kier alpha value is -3.80.